The zero-order chi connectivity index (χ0) is 32.7. The van der Waals surface area contributed by atoms with Crippen LogP contribution < -0.4 is 4.90 Å². The summed E-state index contributed by atoms with van der Waals surface area (Å²) < 4.78 is 16.4. The van der Waals surface area contributed by atoms with Gasteiger partial charge in [-0.05, 0) is 91.0 Å². The van der Waals surface area contributed by atoms with Gasteiger partial charge in [0.1, 0.15) is 11.5 Å². The molecule has 1 saturated heterocycles. The van der Waals surface area contributed by atoms with Crippen molar-refractivity contribution in [1.82, 2.24) is 14.8 Å². The smallest absolute Gasteiger partial charge is 0.241 e. The van der Waals surface area contributed by atoms with Gasteiger partial charge in [0.25, 0.3) is 0 Å². The van der Waals surface area contributed by atoms with Gasteiger partial charge >= 0.3 is 0 Å². The van der Waals surface area contributed by atoms with E-state index in [1.165, 1.54) is 0 Å². The van der Waals surface area contributed by atoms with Crippen molar-refractivity contribution >= 4 is 17.5 Å². The minimum absolute atomic E-state index is 0.0872. The standard InChI is InChI=1S/C32H52N4O5.C3H4/c1-7-9-21-36(30-15-12-18-33-23-30)32(38)24-35(29(8-2)17-22-34-20-13-16-31(34)37)19-11-10-14-26(3)40-25-41-28(5)27(4)39-6;1-3-2/h12,14-15,18,23,29H,7-11,13,16-17,19-22,24-25H2,1-6H3;1H,2H3/b26-14+,28-27-;/t29-;/m1./s1. The second kappa shape index (κ2) is 22.9. The molecule has 9 nitrogen and oxygen atoms in total. The van der Waals surface area contributed by atoms with E-state index >= 15 is 0 Å². The molecule has 44 heavy (non-hydrogen) atoms. The normalized spacial score (nSPS) is 14.3. The molecule has 1 atom stereocenters. The highest BCUT2D eigenvalue weighted by molar-refractivity contribution is 5.94. The molecule has 0 N–H and O–H groups in total. The largest absolute Gasteiger partial charge is 0.498 e. The van der Waals surface area contributed by atoms with Gasteiger partial charge in [-0.2, -0.15) is 0 Å². The van der Waals surface area contributed by atoms with Crippen LogP contribution in [0.3, 0.4) is 0 Å². The SMILES string of the molecule is C#CC.CCCCN(C(=O)CN(CCC/C=C(\C)OCO/C(C)=C(/C)OC)[C@H](CC)CCN1CCCC1=O)c1cccnc1. The fourth-order valence-corrected chi connectivity index (χ4v) is 4.88. The lowest BCUT2D eigenvalue weighted by Crippen LogP contribution is -2.46. The highest BCUT2D eigenvalue weighted by atomic mass is 16.7. The average Bonchev–Trinajstić information content (AvgIpc) is 3.44. The van der Waals surface area contributed by atoms with Gasteiger partial charge in [0, 0.05) is 38.3 Å². The summed E-state index contributed by atoms with van der Waals surface area (Å²) in [5.41, 5.74) is 0.838. The van der Waals surface area contributed by atoms with Crippen LogP contribution in [0, 0.1) is 12.3 Å². The molecule has 1 fully saturated rings. The van der Waals surface area contributed by atoms with E-state index in [-0.39, 0.29) is 24.6 Å². The number of hydrogen-bond donors (Lipinski definition) is 0. The van der Waals surface area contributed by atoms with Crippen LogP contribution >= 0.6 is 0 Å². The maximum absolute atomic E-state index is 13.7. The first-order valence-corrected chi connectivity index (χ1v) is 16.0. The zero-order valence-corrected chi connectivity index (χ0v) is 28.3. The number of methoxy groups -OCH3 is 1. The van der Waals surface area contributed by atoms with Crippen molar-refractivity contribution in [3.63, 3.8) is 0 Å². The third-order valence-corrected chi connectivity index (χ3v) is 7.67. The minimum atomic E-state index is 0.0872. The van der Waals surface area contributed by atoms with Gasteiger partial charge in [0.2, 0.25) is 18.6 Å². The zero-order valence-electron chi connectivity index (χ0n) is 28.3. The van der Waals surface area contributed by atoms with E-state index in [1.807, 2.05) is 42.7 Å². The topological polar surface area (TPSA) is 84.4 Å². The Balaban J connectivity index is 0.00000309. The third-order valence-electron chi connectivity index (χ3n) is 7.67. The van der Waals surface area contributed by atoms with E-state index in [0.29, 0.717) is 25.3 Å². The van der Waals surface area contributed by atoms with E-state index in [4.69, 9.17) is 14.2 Å². The van der Waals surface area contributed by atoms with Crippen LogP contribution in [0.4, 0.5) is 5.69 Å². The Morgan fingerprint density at radius 2 is 1.93 bits per heavy atom. The highest BCUT2D eigenvalue weighted by Crippen LogP contribution is 2.19. The fraction of sp³-hybridized carbons (Fsp3) is 0.629. The van der Waals surface area contributed by atoms with E-state index in [0.717, 1.165) is 81.8 Å². The average molecular weight is 613 g/mol. The Bertz CT molecular complexity index is 1070. The summed E-state index contributed by atoms with van der Waals surface area (Å²) >= 11 is 0. The van der Waals surface area contributed by atoms with Crippen LogP contribution in [0.2, 0.25) is 0 Å². The number of carbonyl (C=O) groups is 2. The minimum Gasteiger partial charge on any atom is -0.498 e. The number of allylic oxidation sites excluding steroid dienone is 4. The summed E-state index contributed by atoms with van der Waals surface area (Å²) in [7, 11) is 1.61. The van der Waals surface area contributed by atoms with Crippen molar-refractivity contribution in [2.24, 2.45) is 0 Å². The molecule has 1 aliphatic rings. The van der Waals surface area contributed by atoms with E-state index < -0.39 is 0 Å². The van der Waals surface area contributed by atoms with Crippen LogP contribution in [0.15, 0.2) is 47.9 Å². The molecule has 1 aromatic rings. The molecule has 0 spiro atoms. The van der Waals surface area contributed by atoms with E-state index in [9.17, 15) is 9.59 Å². The Hall–Kier alpha value is -3.51. The van der Waals surface area contributed by atoms with Crippen LogP contribution in [0.25, 0.3) is 0 Å². The number of terminal acetylenes is 1. The van der Waals surface area contributed by atoms with Crippen LogP contribution in [0.5, 0.6) is 0 Å². The van der Waals surface area contributed by atoms with Crippen molar-refractivity contribution in [3.05, 3.63) is 47.9 Å². The molecule has 2 rings (SSSR count). The monoisotopic (exact) mass is 612 g/mol. The van der Waals surface area contributed by atoms with Gasteiger partial charge in [0.15, 0.2) is 0 Å². The predicted octanol–water partition coefficient (Wildman–Crippen LogP) is 6.52. The molecule has 2 amide bonds. The number of pyridine rings is 1. The van der Waals surface area contributed by atoms with Gasteiger partial charge in [-0.3, -0.25) is 19.5 Å². The number of rotatable bonds is 20. The maximum atomic E-state index is 13.7. The number of likely N-dealkylation sites (tertiary alicyclic amines) is 1. The van der Waals surface area contributed by atoms with Gasteiger partial charge in [-0.15, -0.1) is 12.3 Å². The Labute approximate surface area is 266 Å². The van der Waals surface area contributed by atoms with Crippen LogP contribution in [0.1, 0.15) is 92.9 Å². The number of amides is 2. The van der Waals surface area contributed by atoms with Crippen molar-refractivity contribution in [2.45, 2.75) is 99.0 Å². The molecule has 0 saturated carbocycles. The number of aromatic nitrogens is 1. The van der Waals surface area contributed by atoms with Gasteiger partial charge in [0.05, 0.1) is 31.3 Å². The van der Waals surface area contributed by atoms with E-state index in [2.05, 4.69) is 42.2 Å². The summed E-state index contributed by atoms with van der Waals surface area (Å²) in [5.74, 6) is 4.81. The molecule has 246 valence electrons. The molecule has 0 radical (unpaired) electrons. The van der Waals surface area contributed by atoms with Crippen LogP contribution in [-0.2, 0) is 23.8 Å². The summed E-state index contributed by atoms with van der Waals surface area (Å²) in [5, 5.41) is 0. The van der Waals surface area contributed by atoms with Gasteiger partial charge in [-0.1, -0.05) is 20.3 Å². The molecule has 1 aliphatic heterocycles. The molecule has 0 aromatic carbocycles. The molecular weight excluding hydrogens is 556 g/mol. The van der Waals surface area contributed by atoms with Gasteiger partial charge < -0.3 is 24.0 Å². The summed E-state index contributed by atoms with van der Waals surface area (Å²) in [4.78, 5) is 36.3. The molecule has 0 unspecified atom stereocenters. The number of ether oxygens (including phenoxy) is 3. The molecule has 1 aromatic heterocycles. The lowest BCUT2D eigenvalue weighted by Gasteiger charge is -2.34. The maximum Gasteiger partial charge on any atom is 0.241 e. The first kappa shape index (κ1) is 38.5. The third kappa shape index (κ3) is 14.8. The Morgan fingerprint density at radius 1 is 1.18 bits per heavy atom. The van der Waals surface area contributed by atoms with Crippen molar-refractivity contribution in [2.75, 3.05) is 51.5 Å². The van der Waals surface area contributed by atoms with Gasteiger partial charge in [-0.25, -0.2) is 0 Å². The number of unbranched alkanes of at least 4 members (excludes halogenated alkanes) is 2. The second-order valence-electron chi connectivity index (χ2n) is 10.9. The number of carbonyl (C=O) groups excluding carboxylic acids is 2. The fourth-order valence-electron chi connectivity index (χ4n) is 4.88. The lowest BCUT2D eigenvalue weighted by molar-refractivity contribution is -0.128. The first-order valence-electron chi connectivity index (χ1n) is 16.0. The molecular formula is C35H56N4O5. The first-order chi connectivity index (χ1) is 21.2. The highest BCUT2D eigenvalue weighted by Gasteiger charge is 2.26. The number of hydrogen-bond acceptors (Lipinski definition) is 7. The number of anilines is 1. The van der Waals surface area contributed by atoms with Crippen LogP contribution in [-0.4, -0.2) is 79.3 Å². The predicted molar refractivity (Wildman–Crippen MR) is 177 cm³/mol. The molecule has 0 aliphatic carbocycles. The Kier molecular flexibility index (Phi) is 20.1. The van der Waals surface area contributed by atoms with Crippen molar-refractivity contribution in [3.8, 4) is 12.3 Å². The second-order valence-corrected chi connectivity index (χ2v) is 10.9. The Morgan fingerprint density at radius 3 is 2.52 bits per heavy atom. The van der Waals surface area contributed by atoms with Crippen molar-refractivity contribution < 1.29 is 23.8 Å². The summed E-state index contributed by atoms with van der Waals surface area (Å²) in [6, 6.07) is 4.04. The molecule has 9 heteroatoms. The lowest BCUT2D eigenvalue weighted by atomic mass is 10.1. The van der Waals surface area contributed by atoms with Crippen molar-refractivity contribution in [1.29, 1.82) is 0 Å². The quantitative estimate of drug-likeness (QED) is 0.0717. The molecule has 2 heterocycles. The number of nitrogens with zero attached hydrogens (tertiary/aromatic N) is 4. The summed E-state index contributed by atoms with van der Waals surface area (Å²) in [6.07, 6.45) is 17.2. The summed E-state index contributed by atoms with van der Waals surface area (Å²) in [6.45, 7) is 15.1. The van der Waals surface area contributed by atoms with E-state index in [1.54, 1.807) is 26.4 Å². The molecule has 0 bridgehead atoms.